The van der Waals surface area contributed by atoms with Crippen molar-refractivity contribution in [2.24, 2.45) is 0 Å². The molecule has 0 heterocycles. The topological polar surface area (TPSA) is 72.5 Å². The first-order valence-electron chi connectivity index (χ1n) is 8.28. The minimum absolute atomic E-state index is 0.0392. The second kappa shape index (κ2) is 8.72. The highest BCUT2D eigenvalue weighted by atomic mass is 35.5. The molecule has 1 saturated carbocycles. The Kier molecular flexibility index (Phi) is 6.92. The van der Waals surface area contributed by atoms with E-state index in [1.54, 1.807) is 0 Å². The zero-order valence-corrected chi connectivity index (χ0v) is 15.5. The second-order valence-corrected chi connectivity index (χ2v) is 8.64. The molecule has 1 aliphatic rings. The number of ether oxygens (including phenoxy) is 1. The van der Waals surface area contributed by atoms with E-state index in [1.165, 1.54) is 38.2 Å². The van der Waals surface area contributed by atoms with Crippen molar-refractivity contribution in [3.05, 3.63) is 23.2 Å². The van der Waals surface area contributed by atoms with Gasteiger partial charge in [-0.15, -0.1) is 0 Å². The van der Waals surface area contributed by atoms with E-state index in [1.807, 2.05) is 0 Å². The van der Waals surface area contributed by atoms with Gasteiger partial charge in [-0.2, -0.15) is 0 Å². The molecule has 24 heavy (non-hydrogen) atoms. The van der Waals surface area contributed by atoms with Crippen molar-refractivity contribution in [3.8, 4) is 5.75 Å². The van der Waals surface area contributed by atoms with E-state index in [9.17, 15) is 13.2 Å². The van der Waals surface area contributed by atoms with Gasteiger partial charge in [0.25, 0.3) is 0 Å². The first-order chi connectivity index (χ1) is 11.4. The summed E-state index contributed by atoms with van der Waals surface area (Å²) < 4.78 is 29.7. The minimum atomic E-state index is -3.55. The van der Waals surface area contributed by atoms with Gasteiger partial charge in [-0.25, -0.2) is 8.42 Å². The lowest BCUT2D eigenvalue weighted by Gasteiger charge is -2.16. The zero-order chi connectivity index (χ0) is 17.6. The third-order valence-corrected chi connectivity index (χ3v) is 6.31. The van der Waals surface area contributed by atoms with Gasteiger partial charge in [0.05, 0.1) is 22.8 Å². The summed E-state index contributed by atoms with van der Waals surface area (Å²) in [6, 6.07) is 4.50. The van der Waals surface area contributed by atoms with Crippen LogP contribution in [-0.2, 0) is 14.6 Å². The Morgan fingerprint density at radius 3 is 2.50 bits per heavy atom. The van der Waals surface area contributed by atoms with Crippen LogP contribution in [0.4, 0.5) is 0 Å². The fourth-order valence-corrected chi connectivity index (χ4v) is 4.49. The minimum Gasteiger partial charge on any atom is -0.495 e. The molecule has 1 amide bonds. The van der Waals surface area contributed by atoms with Crippen molar-refractivity contribution in [3.63, 3.8) is 0 Å². The molecule has 1 aromatic carbocycles. The molecule has 0 aromatic heterocycles. The fraction of sp³-hybridized carbons (Fsp3) is 0.588. The molecule has 0 radical (unpaired) electrons. The average Bonchev–Trinajstić information content (AvgIpc) is 2.81. The van der Waals surface area contributed by atoms with Crippen LogP contribution in [-0.4, -0.2) is 33.2 Å². The van der Waals surface area contributed by atoms with Crippen LogP contribution in [0.25, 0.3) is 0 Å². The maximum Gasteiger partial charge on any atom is 0.221 e. The largest absolute Gasteiger partial charge is 0.495 e. The van der Waals surface area contributed by atoms with E-state index in [-0.39, 0.29) is 34.0 Å². The van der Waals surface area contributed by atoms with Gasteiger partial charge in [0.15, 0.2) is 9.84 Å². The number of benzene rings is 1. The molecule has 1 aromatic rings. The van der Waals surface area contributed by atoms with E-state index in [2.05, 4.69) is 5.32 Å². The fourth-order valence-electron chi connectivity index (χ4n) is 2.91. The molecule has 0 atom stereocenters. The third kappa shape index (κ3) is 5.38. The standard InChI is InChI=1S/C17H24ClNO4S/c1-23-16-9-8-14(12-15(16)18)24(21,22)11-10-17(20)19-13-6-4-2-3-5-7-13/h8-9,12-13H,2-7,10-11H2,1H3,(H,19,20). The van der Waals surface area contributed by atoms with Gasteiger partial charge < -0.3 is 10.1 Å². The van der Waals surface area contributed by atoms with Gasteiger partial charge in [0, 0.05) is 12.5 Å². The highest BCUT2D eigenvalue weighted by Gasteiger charge is 2.20. The molecule has 0 aliphatic heterocycles. The number of rotatable bonds is 6. The summed E-state index contributed by atoms with van der Waals surface area (Å²) in [6.45, 7) is 0. The monoisotopic (exact) mass is 373 g/mol. The molecule has 1 aliphatic carbocycles. The van der Waals surface area contributed by atoms with Crippen molar-refractivity contribution in [1.29, 1.82) is 0 Å². The van der Waals surface area contributed by atoms with Crippen LogP contribution >= 0.6 is 11.6 Å². The molecule has 1 N–H and O–H groups in total. The number of methoxy groups -OCH3 is 1. The molecule has 0 spiro atoms. The number of amides is 1. The molecule has 0 bridgehead atoms. The zero-order valence-electron chi connectivity index (χ0n) is 13.9. The Bertz CT molecular complexity index is 667. The van der Waals surface area contributed by atoms with E-state index >= 15 is 0 Å². The second-order valence-electron chi connectivity index (χ2n) is 6.12. The summed E-state index contributed by atoms with van der Waals surface area (Å²) in [5, 5.41) is 3.20. The smallest absolute Gasteiger partial charge is 0.221 e. The van der Waals surface area contributed by atoms with Crippen molar-refractivity contribution in [2.75, 3.05) is 12.9 Å². The summed E-state index contributed by atoms with van der Waals surface area (Å²) in [5.41, 5.74) is 0. The van der Waals surface area contributed by atoms with Crippen LogP contribution in [0.15, 0.2) is 23.1 Å². The molecule has 1 fully saturated rings. The predicted molar refractivity (Wildman–Crippen MR) is 94.3 cm³/mol. The molecule has 0 saturated heterocycles. The first kappa shape index (κ1) is 19.1. The Labute approximate surface area is 148 Å². The number of hydrogen-bond acceptors (Lipinski definition) is 4. The highest BCUT2D eigenvalue weighted by Crippen LogP contribution is 2.27. The molecule has 0 unspecified atom stereocenters. The predicted octanol–water partition coefficient (Wildman–Crippen LogP) is 3.35. The Hall–Kier alpha value is -1.27. The Balaban J connectivity index is 1.91. The number of halogens is 1. The Morgan fingerprint density at radius 2 is 1.92 bits per heavy atom. The van der Waals surface area contributed by atoms with Gasteiger partial charge in [0.2, 0.25) is 5.91 Å². The van der Waals surface area contributed by atoms with Crippen LogP contribution < -0.4 is 10.1 Å². The van der Waals surface area contributed by atoms with Crippen LogP contribution in [0.2, 0.25) is 5.02 Å². The normalized spacial score (nSPS) is 16.4. The number of sulfone groups is 1. The summed E-state index contributed by atoms with van der Waals surface area (Å²) in [5.74, 6) is -0.0133. The van der Waals surface area contributed by atoms with Crippen LogP contribution in [0, 0.1) is 0 Å². The summed E-state index contributed by atoms with van der Waals surface area (Å²) >= 11 is 5.97. The van der Waals surface area contributed by atoms with Crippen LogP contribution in [0.5, 0.6) is 5.75 Å². The number of hydrogen-bond donors (Lipinski definition) is 1. The SMILES string of the molecule is COc1ccc(S(=O)(=O)CCC(=O)NC2CCCCCC2)cc1Cl. The van der Waals surface area contributed by atoms with Crippen molar-refractivity contribution >= 4 is 27.3 Å². The highest BCUT2D eigenvalue weighted by molar-refractivity contribution is 7.91. The lowest BCUT2D eigenvalue weighted by Crippen LogP contribution is -2.35. The summed E-state index contributed by atoms with van der Waals surface area (Å²) in [6.07, 6.45) is 6.57. The molecule has 2 rings (SSSR count). The Morgan fingerprint density at radius 1 is 1.25 bits per heavy atom. The van der Waals surface area contributed by atoms with Gasteiger partial charge in [-0.1, -0.05) is 37.3 Å². The van der Waals surface area contributed by atoms with Gasteiger partial charge in [-0.3, -0.25) is 4.79 Å². The van der Waals surface area contributed by atoms with E-state index in [4.69, 9.17) is 16.3 Å². The summed E-state index contributed by atoms with van der Waals surface area (Å²) in [4.78, 5) is 12.2. The van der Waals surface area contributed by atoms with Gasteiger partial charge in [-0.05, 0) is 31.0 Å². The van der Waals surface area contributed by atoms with Crippen molar-refractivity contribution in [1.82, 2.24) is 5.32 Å². The van der Waals surface area contributed by atoms with E-state index < -0.39 is 9.84 Å². The molecule has 134 valence electrons. The van der Waals surface area contributed by atoms with E-state index in [0.29, 0.717) is 5.75 Å². The quantitative estimate of drug-likeness (QED) is 0.776. The van der Waals surface area contributed by atoms with Crippen molar-refractivity contribution in [2.45, 2.75) is 55.9 Å². The first-order valence-corrected chi connectivity index (χ1v) is 10.3. The average molecular weight is 374 g/mol. The van der Waals surface area contributed by atoms with Gasteiger partial charge in [0.1, 0.15) is 5.75 Å². The summed E-state index contributed by atoms with van der Waals surface area (Å²) in [7, 11) is -2.09. The number of carbonyl (C=O) groups excluding carboxylic acids is 1. The van der Waals surface area contributed by atoms with Crippen LogP contribution in [0.1, 0.15) is 44.9 Å². The van der Waals surface area contributed by atoms with Crippen molar-refractivity contribution < 1.29 is 17.9 Å². The van der Waals surface area contributed by atoms with Gasteiger partial charge >= 0.3 is 0 Å². The number of carbonyl (C=O) groups is 1. The molecular formula is C17H24ClNO4S. The lowest BCUT2D eigenvalue weighted by molar-refractivity contribution is -0.121. The third-order valence-electron chi connectivity index (χ3n) is 4.30. The maximum atomic E-state index is 12.4. The maximum absolute atomic E-state index is 12.4. The molecule has 5 nitrogen and oxygen atoms in total. The molecular weight excluding hydrogens is 350 g/mol. The molecule has 7 heteroatoms. The van der Waals surface area contributed by atoms with E-state index in [0.717, 1.165) is 25.7 Å². The number of nitrogens with one attached hydrogen (secondary N) is 1. The van der Waals surface area contributed by atoms with Crippen LogP contribution in [0.3, 0.4) is 0 Å². The lowest BCUT2D eigenvalue weighted by atomic mass is 10.1.